The lowest BCUT2D eigenvalue weighted by molar-refractivity contribution is 0.616. The second kappa shape index (κ2) is 9.78. The van der Waals surface area contributed by atoms with E-state index in [9.17, 15) is 0 Å². The van der Waals surface area contributed by atoms with Crippen LogP contribution in [0.5, 0.6) is 0 Å². The van der Waals surface area contributed by atoms with Crippen molar-refractivity contribution in [2.45, 2.75) is 0 Å². The molecule has 10 rings (SSSR count). The quantitative estimate of drug-likeness (QED) is 0.193. The molecule has 0 aliphatic rings. The highest BCUT2D eigenvalue weighted by Gasteiger charge is 2.31. The van der Waals surface area contributed by atoms with Gasteiger partial charge in [-0.25, -0.2) is 0 Å². The molecule has 5 heteroatoms. The van der Waals surface area contributed by atoms with Crippen LogP contribution in [0.2, 0.25) is 0 Å². The maximum atomic E-state index is 6.97. The SMILES string of the molecule is c1csc(-c2c(-c3cc4ccccc4s3)c(-c3csc4ccccc34)c3c(oc4ccccc43)c2-c2coc3ccccc23)c1. The van der Waals surface area contributed by atoms with Gasteiger partial charge in [0.1, 0.15) is 16.7 Å². The average Bonchev–Trinajstić information content (AvgIpc) is 3.92. The number of hydrogen-bond donors (Lipinski definition) is 0. The molecule has 0 fully saturated rings. The predicted octanol–water partition coefficient (Wildman–Crippen LogP) is 13.5. The van der Waals surface area contributed by atoms with Crippen molar-refractivity contribution in [2.75, 3.05) is 0 Å². The Labute approximate surface area is 270 Å². The van der Waals surface area contributed by atoms with E-state index in [1.165, 1.54) is 52.2 Å². The molecule has 0 aliphatic heterocycles. The summed E-state index contributed by atoms with van der Waals surface area (Å²) < 4.78 is 15.7. The molecule has 0 spiro atoms. The van der Waals surface area contributed by atoms with E-state index in [0.29, 0.717) is 0 Å². The molecule has 0 radical (unpaired) electrons. The molecule has 5 aromatic carbocycles. The lowest BCUT2D eigenvalue weighted by Crippen LogP contribution is -1.94. The molecule has 0 unspecified atom stereocenters. The van der Waals surface area contributed by atoms with Gasteiger partial charge in [-0.15, -0.1) is 34.0 Å². The van der Waals surface area contributed by atoms with Gasteiger partial charge in [0, 0.05) is 74.1 Å². The molecule has 2 nitrogen and oxygen atoms in total. The molecule has 0 atom stereocenters. The molecule has 5 heterocycles. The number of thiophene rings is 3. The van der Waals surface area contributed by atoms with Crippen LogP contribution in [0.3, 0.4) is 0 Å². The first-order chi connectivity index (χ1) is 22.3. The second-order valence-corrected chi connectivity index (χ2v) is 14.2. The minimum atomic E-state index is 0.866. The van der Waals surface area contributed by atoms with Gasteiger partial charge in [-0.1, -0.05) is 78.9 Å². The van der Waals surface area contributed by atoms with E-state index in [2.05, 4.69) is 114 Å². The maximum Gasteiger partial charge on any atom is 0.144 e. The van der Waals surface area contributed by atoms with Gasteiger partial charge in [0.05, 0.1) is 6.26 Å². The van der Waals surface area contributed by atoms with Crippen LogP contribution in [0.4, 0.5) is 0 Å². The largest absolute Gasteiger partial charge is 0.464 e. The fraction of sp³-hybridized carbons (Fsp3) is 0. The van der Waals surface area contributed by atoms with Gasteiger partial charge in [0.25, 0.3) is 0 Å². The topological polar surface area (TPSA) is 26.3 Å². The Bertz CT molecular complexity index is 2680. The van der Waals surface area contributed by atoms with Gasteiger partial charge >= 0.3 is 0 Å². The lowest BCUT2D eigenvalue weighted by atomic mass is 9.84. The minimum Gasteiger partial charge on any atom is -0.464 e. The number of furan rings is 2. The fourth-order valence-electron chi connectivity index (χ4n) is 6.85. The van der Waals surface area contributed by atoms with Crippen LogP contribution in [0.1, 0.15) is 0 Å². The Morgan fingerprint density at radius 1 is 0.511 bits per heavy atom. The lowest BCUT2D eigenvalue weighted by Gasteiger charge is -2.19. The van der Waals surface area contributed by atoms with Gasteiger partial charge in [0.15, 0.2) is 0 Å². The van der Waals surface area contributed by atoms with Gasteiger partial charge in [-0.2, -0.15) is 0 Å². The third-order valence-electron chi connectivity index (χ3n) is 8.76. The van der Waals surface area contributed by atoms with Crippen LogP contribution >= 0.6 is 34.0 Å². The molecular formula is C40H22O2S3. The molecule has 5 aromatic heterocycles. The van der Waals surface area contributed by atoms with Gasteiger partial charge < -0.3 is 8.83 Å². The van der Waals surface area contributed by atoms with E-state index in [4.69, 9.17) is 8.83 Å². The first-order valence-electron chi connectivity index (χ1n) is 14.8. The first kappa shape index (κ1) is 25.4. The summed E-state index contributed by atoms with van der Waals surface area (Å²) >= 11 is 5.43. The van der Waals surface area contributed by atoms with Crippen molar-refractivity contribution in [1.29, 1.82) is 0 Å². The molecule has 45 heavy (non-hydrogen) atoms. The van der Waals surface area contributed by atoms with E-state index < -0.39 is 0 Å². The summed E-state index contributed by atoms with van der Waals surface area (Å²) in [4.78, 5) is 2.44. The van der Waals surface area contributed by atoms with Crippen LogP contribution in [0.25, 0.3) is 96.2 Å². The first-order valence-corrected chi connectivity index (χ1v) is 17.4. The summed E-state index contributed by atoms with van der Waals surface area (Å²) in [6.45, 7) is 0. The van der Waals surface area contributed by atoms with Crippen molar-refractivity contribution >= 4 is 87.1 Å². The van der Waals surface area contributed by atoms with Crippen LogP contribution in [-0.4, -0.2) is 0 Å². The average molecular weight is 631 g/mol. The molecular weight excluding hydrogens is 609 g/mol. The van der Waals surface area contributed by atoms with E-state index in [0.717, 1.165) is 44.0 Å². The van der Waals surface area contributed by atoms with Crippen molar-refractivity contribution in [3.05, 3.63) is 132 Å². The standard InChI is InChI=1S/C40H22O2S3/c1-7-16-31-23(10-1)20-34(45-31)39-35(28-22-44-32-17-8-4-12-25(28)32)36-26-13-3-6-15-30(26)42-40(36)37(38(39)33-18-9-19-43-33)27-21-41-29-14-5-2-11-24(27)29/h1-22H. The third kappa shape index (κ3) is 3.72. The number of rotatable bonds is 4. The van der Waals surface area contributed by atoms with E-state index in [1.54, 1.807) is 22.7 Å². The van der Waals surface area contributed by atoms with E-state index >= 15 is 0 Å². The molecule has 10 aromatic rings. The summed E-state index contributed by atoms with van der Waals surface area (Å²) in [7, 11) is 0. The highest BCUT2D eigenvalue weighted by molar-refractivity contribution is 7.22. The molecule has 0 aliphatic carbocycles. The number of hydrogen-bond acceptors (Lipinski definition) is 5. The van der Waals surface area contributed by atoms with Gasteiger partial charge in [-0.3, -0.25) is 0 Å². The normalized spacial score (nSPS) is 12.0. The molecule has 0 saturated carbocycles. The molecule has 0 bridgehead atoms. The Balaban J connectivity index is 1.51. The predicted molar refractivity (Wildman–Crippen MR) is 194 cm³/mol. The zero-order valence-corrected chi connectivity index (χ0v) is 26.2. The van der Waals surface area contributed by atoms with Crippen molar-refractivity contribution in [3.63, 3.8) is 0 Å². The molecule has 212 valence electrons. The summed E-state index contributed by atoms with van der Waals surface area (Å²) in [5.41, 5.74) is 9.63. The number of benzene rings is 5. The third-order valence-corrected chi connectivity index (χ3v) is 11.7. The zero-order valence-electron chi connectivity index (χ0n) is 23.7. The molecule has 0 amide bonds. The minimum absolute atomic E-state index is 0.866. The molecule has 0 saturated heterocycles. The number of fused-ring (bicyclic) bond motifs is 6. The van der Waals surface area contributed by atoms with Crippen LogP contribution in [0, 0.1) is 0 Å². The fourth-order valence-corrected chi connectivity index (χ4v) is 9.70. The number of para-hydroxylation sites is 2. The highest BCUT2D eigenvalue weighted by atomic mass is 32.1. The summed E-state index contributed by atoms with van der Waals surface area (Å²) in [5.74, 6) is 0. The van der Waals surface area contributed by atoms with E-state index in [1.807, 2.05) is 29.7 Å². The van der Waals surface area contributed by atoms with Gasteiger partial charge in [-0.05, 0) is 52.5 Å². The Hall–Kier alpha value is -4.94. The van der Waals surface area contributed by atoms with Crippen LogP contribution in [0.15, 0.2) is 141 Å². The molecule has 0 N–H and O–H groups in total. The van der Waals surface area contributed by atoms with Crippen molar-refractivity contribution in [1.82, 2.24) is 0 Å². The van der Waals surface area contributed by atoms with Crippen molar-refractivity contribution in [2.24, 2.45) is 0 Å². The Kier molecular flexibility index (Phi) is 5.52. The Morgan fingerprint density at radius 3 is 2.09 bits per heavy atom. The van der Waals surface area contributed by atoms with Crippen molar-refractivity contribution < 1.29 is 8.83 Å². The summed E-state index contributed by atoms with van der Waals surface area (Å²) in [6.07, 6.45) is 1.91. The highest BCUT2D eigenvalue weighted by Crippen LogP contribution is 2.57. The smallest absolute Gasteiger partial charge is 0.144 e. The van der Waals surface area contributed by atoms with Crippen molar-refractivity contribution in [3.8, 4) is 43.1 Å². The van der Waals surface area contributed by atoms with Crippen LogP contribution in [-0.2, 0) is 0 Å². The van der Waals surface area contributed by atoms with Gasteiger partial charge in [0.2, 0.25) is 0 Å². The van der Waals surface area contributed by atoms with E-state index in [-0.39, 0.29) is 0 Å². The zero-order chi connectivity index (χ0) is 29.5. The summed E-state index contributed by atoms with van der Waals surface area (Å²) in [5, 5.41) is 10.4. The Morgan fingerprint density at radius 2 is 1.24 bits per heavy atom. The maximum absolute atomic E-state index is 6.97. The monoisotopic (exact) mass is 630 g/mol. The second-order valence-electron chi connectivity index (χ2n) is 11.2. The summed E-state index contributed by atoms with van der Waals surface area (Å²) in [6, 6.07) is 41.0. The van der Waals surface area contributed by atoms with Crippen LogP contribution < -0.4 is 0 Å².